The van der Waals surface area contributed by atoms with Gasteiger partial charge in [0.1, 0.15) is 13.3 Å². The van der Waals surface area contributed by atoms with Crippen molar-refractivity contribution in [3.63, 3.8) is 0 Å². The molecule has 0 heterocycles. The summed E-state index contributed by atoms with van der Waals surface area (Å²) in [5.41, 5.74) is 1.65. The zero-order chi connectivity index (χ0) is 22.9. The average molecular weight is 452 g/mol. The van der Waals surface area contributed by atoms with E-state index in [1.54, 1.807) is 26.0 Å². The summed E-state index contributed by atoms with van der Waals surface area (Å²) < 4.78 is 23.4. The van der Waals surface area contributed by atoms with E-state index in [2.05, 4.69) is 10.5 Å². The van der Waals surface area contributed by atoms with E-state index in [9.17, 15) is 14.2 Å². The molecule has 1 aliphatic rings. The number of benzene rings is 1. The molecule has 1 N–H and O–H groups in total. The summed E-state index contributed by atoms with van der Waals surface area (Å²) >= 11 is 0. The maximum absolute atomic E-state index is 13.1. The molecule has 0 spiro atoms. The van der Waals surface area contributed by atoms with Gasteiger partial charge < -0.3 is 19.2 Å². The van der Waals surface area contributed by atoms with Gasteiger partial charge in [-0.1, -0.05) is 30.5 Å². The summed E-state index contributed by atoms with van der Waals surface area (Å²) in [4.78, 5) is 30.9. The van der Waals surface area contributed by atoms with Gasteiger partial charge in [0.25, 0.3) is 5.91 Å². The van der Waals surface area contributed by atoms with Crippen LogP contribution in [-0.2, 0) is 23.2 Å². The molecule has 2 rings (SSSR count). The van der Waals surface area contributed by atoms with Gasteiger partial charge in [0.2, 0.25) is 0 Å². The summed E-state index contributed by atoms with van der Waals surface area (Å²) in [6, 6.07) is 5.36. The van der Waals surface area contributed by atoms with Gasteiger partial charge >= 0.3 is 7.60 Å². The smallest absolute Gasteiger partial charge is 0.336 e. The summed E-state index contributed by atoms with van der Waals surface area (Å²) in [6.45, 7) is 5.59. The van der Waals surface area contributed by atoms with Crippen molar-refractivity contribution < 1.29 is 28.0 Å². The van der Waals surface area contributed by atoms with E-state index in [0.717, 1.165) is 37.7 Å². The number of oxime groups is 1. The molecule has 0 radical (unpaired) electrons. The maximum atomic E-state index is 13.1. The van der Waals surface area contributed by atoms with Crippen molar-refractivity contribution in [2.45, 2.75) is 52.9 Å². The molecule has 31 heavy (non-hydrogen) atoms. The first kappa shape index (κ1) is 25.2. The lowest BCUT2D eigenvalue weighted by atomic mass is 9.83. The van der Waals surface area contributed by atoms with Crippen LogP contribution in [0.4, 0.5) is 5.69 Å². The Morgan fingerprint density at radius 3 is 2.35 bits per heavy atom. The first-order chi connectivity index (χ1) is 14.8. The molecule has 0 atom stereocenters. The Hall–Kier alpha value is -2.02. The SMILES string of the molecule is CCOP(=O)(C/C(=N\OC)C(=O)Nc1cc(C)ccc1C(=O)C1CCCCC1)OCC. The number of amides is 1. The van der Waals surface area contributed by atoms with Crippen molar-refractivity contribution >= 4 is 30.7 Å². The fourth-order valence-corrected chi connectivity index (χ4v) is 5.33. The molecule has 0 saturated heterocycles. The summed E-state index contributed by atoms with van der Waals surface area (Å²) in [5.74, 6) is -0.616. The van der Waals surface area contributed by atoms with E-state index in [0.29, 0.717) is 11.3 Å². The van der Waals surface area contributed by atoms with Gasteiger partial charge in [-0.25, -0.2) is 0 Å². The molecular formula is C22H33N2O6P. The van der Waals surface area contributed by atoms with Gasteiger partial charge in [0.15, 0.2) is 11.5 Å². The number of aryl methyl sites for hydroxylation is 1. The third kappa shape index (κ3) is 7.27. The van der Waals surface area contributed by atoms with Crippen molar-refractivity contribution in [3.05, 3.63) is 29.3 Å². The van der Waals surface area contributed by atoms with Gasteiger partial charge in [0.05, 0.1) is 18.9 Å². The van der Waals surface area contributed by atoms with Gasteiger partial charge in [0, 0.05) is 11.5 Å². The van der Waals surface area contributed by atoms with Crippen LogP contribution in [0.15, 0.2) is 23.4 Å². The zero-order valence-corrected chi connectivity index (χ0v) is 19.7. The molecule has 0 aliphatic heterocycles. The largest absolute Gasteiger partial charge is 0.399 e. The Morgan fingerprint density at radius 2 is 1.77 bits per heavy atom. The number of hydrogen-bond acceptors (Lipinski definition) is 7. The number of carbonyl (C=O) groups is 2. The highest BCUT2D eigenvalue weighted by atomic mass is 31.2. The first-order valence-electron chi connectivity index (χ1n) is 10.8. The molecular weight excluding hydrogens is 419 g/mol. The zero-order valence-electron chi connectivity index (χ0n) is 18.8. The summed E-state index contributed by atoms with van der Waals surface area (Å²) in [7, 11) is -2.27. The van der Waals surface area contributed by atoms with Crippen LogP contribution in [-0.4, -0.2) is 43.9 Å². The van der Waals surface area contributed by atoms with Crippen LogP contribution < -0.4 is 5.32 Å². The second kappa shape index (κ2) is 12.1. The lowest BCUT2D eigenvalue weighted by Gasteiger charge is -2.22. The molecule has 1 fully saturated rings. The first-order valence-corrected chi connectivity index (χ1v) is 12.5. The van der Waals surface area contributed by atoms with Gasteiger partial charge in [-0.05, 0) is 51.3 Å². The predicted molar refractivity (Wildman–Crippen MR) is 121 cm³/mol. The topological polar surface area (TPSA) is 103 Å². The quantitative estimate of drug-likeness (QED) is 0.220. The Labute approximate surface area is 184 Å². The van der Waals surface area contributed by atoms with Crippen LogP contribution in [0.25, 0.3) is 0 Å². The third-order valence-electron chi connectivity index (χ3n) is 5.12. The van der Waals surface area contributed by atoms with Crippen LogP contribution in [0, 0.1) is 12.8 Å². The molecule has 0 unspecified atom stereocenters. The molecule has 0 aromatic heterocycles. The van der Waals surface area contributed by atoms with Gasteiger partial charge in [-0.2, -0.15) is 0 Å². The normalized spacial score (nSPS) is 15.5. The second-order valence-electron chi connectivity index (χ2n) is 7.53. The predicted octanol–water partition coefficient (Wildman–Crippen LogP) is 4.97. The van der Waals surface area contributed by atoms with Crippen molar-refractivity contribution in [3.8, 4) is 0 Å². The number of carbonyl (C=O) groups excluding carboxylic acids is 2. The number of rotatable bonds is 11. The molecule has 1 saturated carbocycles. The number of anilines is 1. The minimum Gasteiger partial charge on any atom is -0.399 e. The lowest BCUT2D eigenvalue weighted by molar-refractivity contribution is -0.110. The Balaban J connectivity index is 2.27. The molecule has 1 aliphatic carbocycles. The minimum atomic E-state index is -3.56. The van der Waals surface area contributed by atoms with Crippen LogP contribution in [0.5, 0.6) is 0 Å². The number of nitrogens with one attached hydrogen (secondary N) is 1. The van der Waals surface area contributed by atoms with E-state index in [1.807, 2.05) is 13.0 Å². The van der Waals surface area contributed by atoms with E-state index in [4.69, 9.17) is 13.9 Å². The molecule has 0 bridgehead atoms. The number of hydrogen-bond donors (Lipinski definition) is 1. The highest BCUT2D eigenvalue weighted by Gasteiger charge is 2.31. The number of ketones is 1. The van der Waals surface area contributed by atoms with Crippen molar-refractivity contribution in [2.75, 3.05) is 31.8 Å². The Bertz CT molecular complexity index is 838. The van der Waals surface area contributed by atoms with E-state index in [-0.39, 0.29) is 36.8 Å². The van der Waals surface area contributed by atoms with Crippen molar-refractivity contribution in [1.82, 2.24) is 0 Å². The fourth-order valence-electron chi connectivity index (χ4n) is 3.71. The van der Waals surface area contributed by atoms with Crippen LogP contribution in [0.3, 0.4) is 0 Å². The molecule has 1 aromatic rings. The monoisotopic (exact) mass is 452 g/mol. The average Bonchev–Trinajstić information content (AvgIpc) is 2.74. The molecule has 1 amide bonds. The maximum Gasteiger partial charge on any atom is 0.336 e. The van der Waals surface area contributed by atoms with Crippen LogP contribution >= 0.6 is 7.60 Å². The molecule has 8 nitrogen and oxygen atoms in total. The van der Waals surface area contributed by atoms with Crippen LogP contribution in [0.1, 0.15) is 61.9 Å². The van der Waals surface area contributed by atoms with E-state index >= 15 is 0 Å². The standard InChI is InChI=1S/C22H33N2O6P/c1-5-29-31(27,30-6-2)15-20(24-28-4)22(26)23-19-14-16(3)12-13-18(19)21(25)17-10-8-7-9-11-17/h12-14,17H,5-11,15H2,1-4H3,(H,23,26)/b24-20+. The van der Waals surface area contributed by atoms with Gasteiger partial charge in [-0.3, -0.25) is 14.2 Å². The molecule has 9 heteroatoms. The third-order valence-corrected chi connectivity index (χ3v) is 7.11. The highest BCUT2D eigenvalue weighted by Crippen LogP contribution is 2.48. The molecule has 172 valence electrons. The number of nitrogens with zero attached hydrogens (tertiary/aromatic N) is 1. The van der Waals surface area contributed by atoms with E-state index in [1.165, 1.54) is 7.11 Å². The van der Waals surface area contributed by atoms with Crippen molar-refractivity contribution in [2.24, 2.45) is 11.1 Å². The summed E-state index contributed by atoms with van der Waals surface area (Å²) in [6.07, 6.45) is 4.62. The van der Waals surface area contributed by atoms with Crippen molar-refractivity contribution in [1.29, 1.82) is 0 Å². The summed E-state index contributed by atoms with van der Waals surface area (Å²) in [5, 5.41) is 6.50. The lowest BCUT2D eigenvalue weighted by Crippen LogP contribution is -2.28. The molecule has 1 aromatic carbocycles. The minimum absolute atomic E-state index is 0.0321. The van der Waals surface area contributed by atoms with Gasteiger partial charge in [-0.15, -0.1) is 0 Å². The van der Waals surface area contributed by atoms with E-state index < -0.39 is 13.5 Å². The Morgan fingerprint density at radius 1 is 1.13 bits per heavy atom. The second-order valence-corrected chi connectivity index (χ2v) is 9.58. The number of Topliss-reactive ketones (excluding diaryl/α,β-unsaturated/α-hetero) is 1. The highest BCUT2D eigenvalue weighted by molar-refractivity contribution is 7.55. The Kier molecular flexibility index (Phi) is 9.88. The van der Waals surface area contributed by atoms with Crippen LogP contribution in [0.2, 0.25) is 0 Å². The fraction of sp³-hybridized carbons (Fsp3) is 0.591.